The highest BCUT2D eigenvalue weighted by Gasteiger charge is 2.34. The quantitative estimate of drug-likeness (QED) is 0.162. The minimum absolute atomic E-state index is 0.0992. The summed E-state index contributed by atoms with van der Waals surface area (Å²) in [5.74, 6) is -0.700. The molecule has 1 fully saturated rings. The number of hydrogen-bond acceptors (Lipinski definition) is 6. The molecule has 0 unspecified atom stereocenters. The van der Waals surface area contributed by atoms with E-state index in [-0.39, 0.29) is 23.3 Å². The Morgan fingerprint density at radius 2 is 1.52 bits per heavy atom. The molecule has 5 rings (SSSR count). The summed E-state index contributed by atoms with van der Waals surface area (Å²) in [5.41, 5.74) is 4.43. The van der Waals surface area contributed by atoms with Gasteiger partial charge < -0.3 is 14.4 Å². The van der Waals surface area contributed by atoms with E-state index in [9.17, 15) is 9.59 Å². The van der Waals surface area contributed by atoms with Crippen LogP contribution < -0.4 is 4.90 Å². The molecule has 1 saturated heterocycles. The van der Waals surface area contributed by atoms with Crippen molar-refractivity contribution in [2.75, 3.05) is 18.6 Å². The number of rotatable bonds is 7. The van der Waals surface area contributed by atoms with Crippen molar-refractivity contribution in [3.63, 3.8) is 0 Å². The zero-order valence-corrected chi connectivity index (χ0v) is 23.5. The van der Waals surface area contributed by atoms with Crippen molar-refractivity contribution < 1.29 is 19.1 Å². The Balaban J connectivity index is 1.45. The second-order valence-corrected chi connectivity index (χ2v) is 9.72. The molecular formula is C32H26BrN3O4. The molecule has 0 aliphatic carbocycles. The minimum atomic E-state index is -0.538. The van der Waals surface area contributed by atoms with E-state index >= 15 is 0 Å². The molecule has 1 amide bonds. The number of amidine groups is 1. The Labute approximate surface area is 241 Å². The predicted octanol–water partition coefficient (Wildman–Crippen LogP) is 7.61. The summed E-state index contributed by atoms with van der Waals surface area (Å²) in [7, 11) is 1.30. The van der Waals surface area contributed by atoms with Crippen LogP contribution >= 0.6 is 15.9 Å². The van der Waals surface area contributed by atoms with E-state index in [0.717, 1.165) is 22.6 Å². The Hall–Kier alpha value is -4.69. The molecule has 7 nitrogen and oxygen atoms in total. The number of carbonyl (C=O) groups excluding carboxylic acids is 2. The van der Waals surface area contributed by atoms with Crippen LogP contribution in [0.4, 0.5) is 22.7 Å². The van der Waals surface area contributed by atoms with Gasteiger partial charge in [0.1, 0.15) is 0 Å². The van der Waals surface area contributed by atoms with E-state index in [1.54, 1.807) is 24.3 Å². The van der Waals surface area contributed by atoms with Gasteiger partial charge in [0.25, 0.3) is 5.91 Å². The Morgan fingerprint density at radius 3 is 2.10 bits per heavy atom. The monoisotopic (exact) mass is 595 g/mol. The first-order valence-corrected chi connectivity index (χ1v) is 13.5. The average Bonchev–Trinajstić information content (AvgIpc) is 3.28. The maximum Gasteiger partial charge on any atom is 0.340 e. The number of esters is 1. The molecule has 0 aromatic heterocycles. The molecule has 0 atom stereocenters. The third kappa shape index (κ3) is 5.67. The lowest BCUT2D eigenvalue weighted by atomic mass is 10.1. The summed E-state index contributed by atoms with van der Waals surface area (Å²) in [6.07, 6.45) is 1.69. The number of benzene rings is 4. The normalized spacial score (nSPS) is 14.9. The van der Waals surface area contributed by atoms with Crippen molar-refractivity contribution in [2.24, 2.45) is 4.99 Å². The van der Waals surface area contributed by atoms with Gasteiger partial charge in [0.15, 0.2) is 5.76 Å². The van der Waals surface area contributed by atoms with Crippen molar-refractivity contribution in [1.29, 1.82) is 0 Å². The van der Waals surface area contributed by atoms with E-state index in [4.69, 9.17) is 9.47 Å². The van der Waals surface area contributed by atoms with Crippen LogP contribution in [-0.2, 0) is 14.3 Å². The lowest BCUT2D eigenvalue weighted by Gasteiger charge is -2.25. The van der Waals surface area contributed by atoms with Crippen LogP contribution in [0.25, 0.3) is 6.08 Å². The van der Waals surface area contributed by atoms with E-state index in [0.29, 0.717) is 16.7 Å². The van der Waals surface area contributed by atoms with E-state index in [1.165, 1.54) is 12.0 Å². The second-order valence-electron chi connectivity index (χ2n) is 8.81. The second kappa shape index (κ2) is 12.0. The van der Waals surface area contributed by atoms with Gasteiger partial charge in [-0.3, -0.25) is 9.69 Å². The van der Waals surface area contributed by atoms with Crippen molar-refractivity contribution in [3.05, 3.63) is 124 Å². The van der Waals surface area contributed by atoms with Gasteiger partial charge >= 0.3 is 12.0 Å². The zero-order chi connectivity index (χ0) is 28.1. The first-order valence-electron chi connectivity index (χ1n) is 12.7. The van der Waals surface area contributed by atoms with E-state index in [2.05, 4.69) is 50.1 Å². The van der Waals surface area contributed by atoms with Crippen LogP contribution in [0.15, 0.2) is 118 Å². The molecule has 4 aromatic carbocycles. The molecule has 1 aliphatic heterocycles. The van der Waals surface area contributed by atoms with Gasteiger partial charge in [0.05, 0.1) is 18.4 Å². The fourth-order valence-corrected chi connectivity index (χ4v) is 4.69. The lowest BCUT2D eigenvalue weighted by Crippen LogP contribution is -2.29. The summed E-state index contributed by atoms with van der Waals surface area (Å²) < 4.78 is 11.5. The third-order valence-electron chi connectivity index (χ3n) is 6.26. The molecule has 1 heterocycles. The summed E-state index contributed by atoms with van der Waals surface area (Å²) in [6.45, 7) is 2.18. The lowest BCUT2D eigenvalue weighted by molar-refractivity contribution is -0.122. The van der Waals surface area contributed by atoms with Crippen molar-refractivity contribution in [3.8, 4) is 0 Å². The number of likely N-dealkylation sites (N-methyl/N-ethyl adjacent to an activating group) is 1. The van der Waals surface area contributed by atoms with Gasteiger partial charge in [-0.05, 0) is 73.2 Å². The number of aliphatic imine (C=N–C) groups is 1. The number of anilines is 3. The molecule has 0 spiro atoms. The smallest absolute Gasteiger partial charge is 0.340 e. The van der Waals surface area contributed by atoms with Crippen LogP contribution in [0.2, 0.25) is 0 Å². The molecule has 4 aromatic rings. The number of carbonyl (C=O) groups is 2. The molecule has 0 bridgehead atoms. The maximum absolute atomic E-state index is 13.2. The molecule has 1 aliphatic rings. The van der Waals surface area contributed by atoms with Gasteiger partial charge in [-0.1, -0.05) is 64.5 Å². The summed E-state index contributed by atoms with van der Waals surface area (Å²) in [4.78, 5) is 33.5. The SMILES string of the molecule is CCN1C(=O)/C(=C\c2ccc(N(c3ccccc3)c3ccccc3)cc2)OC1=Nc1ccc(Br)cc1C(=O)OC. The number of para-hydroxylation sites is 2. The third-order valence-corrected chi connectivity index (χ3v) is 6.76. The number of amides is 1. The first kappa shape index (κ1) is 26.9. The maximum atomic E-state index is 13.2. The highest BCUT2D eigenvalue weighted by atomic mass is 79.9. The molecule has 0 radical (unpaired) electrons. The van der Waals surface area contributed by atoms with Crippen molar-refractivity contribution in [2.45, 2.75) is 6.92 Å². The first-order chi connectivity index (χ1) is 19.5. The van der Waals surface area contributed by atoms with Crippen LogP contribution in [0.1, 0.15) is 22.8 Å². The molecule has 200 valence electrons. The predicted molar refractivity (Wildman–Crippen MR) is 160 cm³/mol. The van der Waals surface area contributed by atoms with Crippen LogP contribution in [0.5, 0.6) is 0 Å². The Kier molecular flexibility index (Phi) is 8.07. The summed E-state index contributed by atoms with van der Waals surface area (Å²) in [6, 6.07) is 33.3. The molecule has 0 N–H and O–H groups in total. The van der Waals surface area contributed by atoms with Crippen molar-refractivity contribution in [1.82, 2.24) is 4.90 Å². The highest BCUT2D eigenvalue weighted by molar-refractivity contribution is 9.10. The highest BCUT2D eigenvalue weighted by Crippen LogP contribution is 2.34. The zero-order valence-electron chi connectivity index (χ0n) is 22.0. The topological polar surface area (TPSA) is 71.4 Å². The summed E-state index contributed by atoms with van der Waals surface area (Å²) in [5, 5.41) is 0. The van der Waals surface area contributed by atoms with Gasteiger partial charge in [0, 0.05) is 28.1 Å². The number of nitrogens with zero attached hydrogens (tertiary/aromatic N) is 3. The summed E-state index contributed by atoms with van der Waals surface area (Å²) >= 11 is 3.36. The minimum Gasteiger partial charge on any atom is -0.465 e. The van der Waals surface area contributed by atoms with Crippen LogP contribution in [-0.4, -0.2) is 36.5 Å². The fourth-order valence-electron chi connectivity index (χ4n) is 4.32. The van der Waals surface area contributed by atoms with Gasteiger partial charge in [-0.2, -0.15) is 4.99 Å². The van der Waals surface area contributed by atoms with Crippen molar-refractivity contribution >= 4 is 62.7 Å². The number of hydrogen-bond donors (Lipinski definition) is 0. The number of ether oxygens (including phenoxy) is 2. The fraction of sp³-hybridized carbons (Fsp3) is 0.0938. The van der Waals surface area contributed by atoms with E-state index < -0.39 is 5.97 Å². The van der Waals surface area contributed by atoms with E-state index in [1.807, 2.05) is 67.6 Å². The van der Waals surface area contributed by atoms with Gasteiger partial charge in [-0.25, -0.2) is 4.79 Å². The average molecular weight is 596 g/mol. The van der Waals surface area contributed by atoms with Gasteiger partial charge in [0.2, 0.25) is 0 Å². The van der Waals surface area contributed by atoms with Crippen LogP contribution in [0, 0.1) is 0 Å². The Bertz CT molecular complexity index is 1550. The Morgan fingerprint density at radius 1 is 0.925 bits per heavy atom. The largest absolute Gasteiger partial charge is 0.465 e. The molecular weight excluding hydrogens is 570 g/mol. The number of halogens is 1. The standard InChI is InChI=1S/C32H26BrN3O4/c1-3-35-30(37)29(40-32(35)34-28-19-16-23(33)21-27(28)31(38)39-2)20-22-14-17-26(18-15-22)36(24-10-6-4-7-11-24)25-12-8-5-9-13-25/h4-21H,3H2,1-2H3/b29-20+,34-32?. The van der Waals surface area contributed by atoms with Crippen LogP contribution in [0.3, 0.4) is 0 Å². The molecule has 40 heavy (non-hydrogen) atoms. The number of methoxy groups -OCH3 is 1. The molecule has 8 heteroatoms. The van der Waals surface area contributed by atoms with Gasteiger partial charge in [-0.15, -0.1) is 0 Å². The molecule has 0 saturated carbocycles.